The fraction of sp³-hybridized carbons (Fsp3) is 0.222. The lowest BCUT2D eigenvalue weighted by Gasteiger charge is -2.17. The van der Waals surface area contributed by atoms with Gasteiger partial charge < -0.3 is 15.5 Å². The van der Waals surface area contributed by atoms with Gasteiger partial charge in [-0.15, -0.1) is 0 Å². The van der Waals surface area contributed by atoms with Crippen LogP contribution in [0.5, 0.6) is 0 Å². The lowest BCUT2D eigenvalue weighted by Crippen LogP contribution is -2.29. The molecule has 0 spiro atoms. The van der Waals surface area contributed by atoms with Gasteiger partial charge in [-0.1, -0.05) is 0 Å². The molecule has 0 saturated carbocycles. The van der Waals surface area contributed by atoms with Crippen molar-refractivity contribution in [1.29, 1.82) is 0 Å². The molecule has 1 aliphatic heterocycles. The topological polar surface area (TPSA) is 61.4 Å². The molecule has 2 aromatic carbocycles. The molecule has 130 valence electrons. The Morgan fingerprint density at radius 3 is 1.96 bits per heavy atom. The summed E-state index contributed by atoms with van der Waals surface area (Å²) in [5.41, 5.74) is 1.55. The molecular weight excluding hydrogens is 328 g/mol. The van der Waals surface area contributed by atoms with E-state index in [1.807, 2.05) is 12.1 Å². The van der Waals surface area contributed by atoms with Crippen LogP contribution in [0.25, 0.3) is 0 Å². The first-order valence-corrected chi connectivity index (χ1v) is 7.95. The SMILES string of the molecule is O=C(Nc1ccc(N2CCCC2)cc1)C(=O)Nc1ccc(F)c(F)c1. The first-order chi connectivity index (χ1) is 12.0. The zero-order chi connectivity index (χ0) is 17.8. The van der Waals surface area contributed by atoms with Crippen molar-refractivity contribution in [2.24, 2.45) is 0 Å². The average molecular weight is 345 g/mol. The number of carbonyl (C=O) groups excluding carboxylic acids is 2. The second-order valence-corrected chi connectivity index (χ2v) is 5.78. The van der Waals surface area contributed by atoms with Crippen LogP contribution >= 0.6 is 0 Å². The molecule has 1 saturated heterocycles. The molecule has 2 aromatic rings. The van der Waals surface area contributed by atoms with Crippen molar-refractivity contribution in [3.05, 3.63) is 54.1 Å². The summed E-state index contributed by atoms with van der Waals surface area (Å²) >= 11 is 0. The summed E-state index contributed by atoms with van der Waals surface area (Å²) in [6, 6.07) is 10.1. The summed E-state index contributed by atoms with van der Waals surface area (Å²) in [6.07, 6.45) is 2.34. The number of hydrogen-bond acceptors (Lipinski definition) is 3. The number of rotatable bonds is 3. The van der Waals surface area contributed by atoms with E-state index in [0.717, 1.165) is 30.9 Å². The zero-order valence-corrected chi connectivity index (χ0v) is 13.4. The fourth-order valence-corrected chi connectivity index (χ4v) is 2.68. The molecular formula is C18H17F2N3O2. The molecule has 0 radical (unpaired) electrons. The predicted molar refractivity (Wildman–Crippen MR) is 91.5 cm³/mol. The minimum Gasteiger partial charge on any atom is -0.372 e. The van der Waals surface area contributed by atoms with Crippen LogP contribution in [0.15, 0.2) is 42.5 Å². The number of nitrogens with zero attached hydrogens (tertiary/aromatic N) is 1. The van der Waals surface area contributed by atoms with E-state index in [1.165, 1.54) is 18.9 Å². The molecule has 0 unspecified atom stereocenters. The Kier molecular flexibility index (Phi) is 4.92. The minimum absolute atomic E-state index is 0.00318. The van der Waals surface area contributed by atoms with E-state index in [2.05, 4.69) is 15.5 Å². The summed E-state index contributed by atoms with van der Waals surface area (Å²) in [5.74, 6) is -3.98. The van der Waals surface area contributed by atoms with Gasteiger partial charge in [0.25, 0.3) is 0 Å². The molecule has 1 heterocycles. The molecule has 0 aromatic heterocycles. The second-order valence-electron chi connectivity index (χ2n) is 5.78. The van der Waals surface area contributed by atoms with E-state index >= 15 is 0 Å². The van der Waals surface area contributed by atoms with Gasteiger partial charge >= 0.3 is 11.8 Å². The van der Waals surface area contributed by atoms with Gasteiger partial charge in [-0.05, 0) is 49.2 Å². The molecule has 5 nitrogen and oxygen atoms in total. The second kappa shape index (κ2) is 7.29. The maximum atomic E-state index is 13.1. The summed E-state index contributed by atoms with van der Waals surface area (Å²) in [4.78, 5) is 26.0. The van der Waals surface area contributed by atoms with Gasteiger partial charge in [0.2, 0.25) is 0 Å². The highest BCUT2D eigenvalue weighted by Gasteiger charge is 2.16. The summed E-state index contributed by atoms with van der Waals surface area (Å²) < 4.78 is 26.0. The third-order valence-electron chi connectivity index (χ3n) is 3.98. The van der Waals surface area contributed by atoms with Gasteiger partial charge in [-0.2, -0.15) is 0 Å². The van der Waals surface area contributed by atoms with Crippen LogP contribution in [0.2, 0.25) is 0 Å². The molecule has 1 aliphatic rings. The summed E-state index contributed by atoms with van der Waals surface area (Å²) in [5, 5.41) is 4.69. The summed E-state index contributed by atoms with van der Waals surface area (Å²) in [7, 11) is 0. The highest BCUT2D eigenvalue weighted by Crippen LogP contribution is 2.22. The lowest BCUT2D eigenvalue weighted by atomic mass is 10.2. The van der Waals surface area contributed by atoms with Crippen LogP contribution < -0.4 is 15.5 Å². The number of amides is 2. The third-order valence-corrected chi connectivity index (χ3v) is 3.98. The Balaban J connectivity index is 1.59. The van der Waals surface area contributed by atoms with Crippen molar-refractivity contribution in [2.45, 2.75) is 12.8 Å². The Morgan fingerprint density at radius 2 is 1.36 bits per heavy atom. The molecule has 2 N–H and O–H groups in total. The van der Waals surface area contributed by atoms with Crippen LogP contribution in [0.3, 0.4) is 0 Å². The van der Waals surface area contributed by atoms with Crippen LogP contribution in [0.4, 0.5) is 25.8 Å². The van der Waals surface area contributed by atoms with Gasteiger partial charge in [-0.25, -0.2) is 8.78 Å². The monoisotopic (exact) mass is 345 g/mol. The highest BCUT2D eigenvalue weighted by molar-refractivity contribution is 6.43. The van der Waals surface area contributed by atoms with Crippen molar-refractivity contribution >= 4 is 28.9 Å². The Morgan fingerprint density at radius 1 is 0.800 bits per heavy atom. The summed E-state index contributed by atoms with van der Waals surface area (Å²) in [6.45, 7) is 2.03. The minimum atomic E-state index is -1.10. The molecule has 3 rings (SSSR count). The van der Waals surface area contributed by atoms with Crippen molar-refractivity contribution in [3.63, 3.8) is 0 Å². The normalized spacial score (nSPS) is 13.6. The molecule has 7 heteroatoms. The third kappa shape index (κ3) is 4.12. The Hall–Kier alpha value is -2.96. The van der Waals surface area contributed by atoms with Crippen LogP contribution in [-0.2, 0) is 9.59 Å². The maximum absolute atomic E-state index is 13.1. The van der Waals surface area contributed by atoms with Crippen LogP contribution in [0, 0.1) is 11.6 Å². The van der Waals surface area contributed by atoms with E-state index in [0.29, 0.717) is 5.69 Å². The first-order valence-electron chi connectivity index (χ1n) is 7.95. The van der Waals surface area contributed by atoms with Gasteiger partial charge in [0, 0.05) is 36.2 Å². The zero-order valence-electron chi connectivity index (χ0n) is 13.4. The van der Waals surface area contributed by atoms with E-state index in [-0.39, 0.29) is 5.69 Å². The molecule has 0 aliphatic carbocycles. The number of hydrogen-bond donors (Lipinski definition) is 2. The van der Waals surface area contributed by atoms with Crippen molar-refractivity contribution < 1.29 is 18.4 Å². The van der Waals surface area contributed by atoms with E-state index in [4.69, 9.17) is 0 Å². The fourth-order valence-electron chi connectivity index (χ4n) is 2.68. The van der Waals surface area contributed by atoms with Gasteiger partial charge in [0.1, 0.15) is 0 Å². The largest absolute Gasteiger partial charge is 0.372 e. The number of nitrogens with one attached hydrogen (secondary N) is 2. The van der Waals surface area contributed by atoms with E-state index in [9.17, 15) is 18.4 Å². The average Bonchev–Trinajstić information content (AvgIpc) is 3.13. The number of anilines is 3. The molecule has 25 heavy (non-hydrogen) atoms. The maximum Gasteiger partial charge on any atom is 0.314 e. The van der Waals surface area contributed by atoms with E-state index in [1.54, 1.807) is 12.1 Å². The number of benzene rings is 2. The number of carbonyl (C=O) groups is 2. The standard InChI is InChI=1S/C18H17F2N3O2/c19-15-8-5-13(11-16(15)20)22-18(25)17(24)21-12-3-6-14(7-4-12)23-9-1-2-10-23/h3-8,11H,1-2,9-10H2,(H,21,24)(H,22,25). The molecule has 1 fully saturated rings. The van der Waals surface area contributed by atoms with Gasteiger partial charge in [-0.3, -0.25) is 9.59 Å². The van der Waals surface area contributed by atoms with Crippen LogP contribution in [0.1, 0.15) is 12.8 Å². The highest BCUT2D eigenvalue weighted by atomic mass is 19.2. The Labute approximate surface area is 143 Å². The van der Waals surface area contributed by atoms with Crippen LogP contribution in [-0.4, -0.2) is 24.9 Å². The van der Waals surface area contributed by atoms with Crippen molar-refractivity contribution in [1.82, 2.24) is 0 Å². The van der Waals surface area contributed by atoms with E-state index < -0.39 is 23.4 Å². The first kappa shape index (κ1) is 16.9. The molecule has 2 amide bonds. The Bertz CT molecular complexity index is 787. The van der Waals surface area contributed by atoms with Gasteiger partial charge in [0.15, 0.2) is 11.6 Å². The smallest absolute Gasteiger partial charge is 0.314 e. The molecule has 0 bridgehead atoms. The quantitative estimate of drug-likeness (QED) is 0.840. The molecule has 0 atom stereocenters. The van der Waals surface area contributed by atoms with Gasteiger partial charge in [0.05, 0.1) is 0 Å². The lowest BCUT2D eigenvalue weighted by molar-refractivity contribution is -0.133. The predicted octanol–water partition coefficient (Wildman–Crippen LogP) is 3.14. The van der Waals surface area contributed by atoms with Crippen molar-refractivity contribution in [3.8, 4) is 0 Å². The van der Waals surface area contributed by atoms with Crippen molar-refractivity contribution in [2.75, 3.05) is 28.6 Å². The number of halogens is 2.